The number of rotatable bonds is 5. The standard InChI is InChI=1S/C11H17NO2S2/c1-8-4-5-9(16-8)10(13)12-6-11(2,14)7-15-3/h4-5,14H,6-7H2,1-3H3,(H,12,13). The topological polar surface area (TPSA) is 49.3 Å². The largest absolute Gasteiger partial charge is 0.387 e. The summed E-state index contributed by atoms with van der Waals surface area (Å²) in [5.74, 6) is 0.496. The van der Waals surface area contributed by atoms with E-state index in [0.29, 0.717) is 10.6 Å². The normalized spacial score (nSPS) is 14.5. The molecule has 1 amide bonds. The number of hydrogen-bond donors (Lipinski definition) is 2. The molecule has 1 unspecified atom stereocenters. The Labute approximate surface area is 104 Å². The highest BCUT2D eigenvalue weighted by atomic mass is 32.2. The molecule has 2 N–H and O–H groups in total. The summed E-state index contributed by atoms with van der Waals surface area (Å²) in [4.78, 5) is 13.5. The quantitative estimate of drug-likeness (QED) is 0.849. The fourth-order valence-corrected chi connectivity index (χ4v) is 2.78. The smallest absolute Gasteiger partial charge is 0.261 e. The Bertz CT molecular complexity index is 361. The summed E-state index contributed by atoms with van der Waals surface area (Å²) in [5, 5.41) is 12.6. The van der Waals surface area contributed by atoms with Crippen LogP contribution in [0, 0.1) is 6.92 Å². The van der Waals surface area contributed by atoms with Crippen LogP contribution in [-0.2, 0) is 0 Å². The second-order valence-corrected chi connectivity index (χ2v) is 6.18. The van der Waals surface area contributed by atoms with Crippen LogP contribution in [0.4, 0.5) is 0 Å². The van der Waals surface area contributed by atoms with Gasteiger partial charge in [-0.1, -0.05) is 0 Å². The van der Waals surface area contributed by atoms with Crippen LogP contribution in [0.25, 0.3) is 0 Å². The number of carbonyl (C=O) groups is 1. The third kappa shape index (κ3) is 4.15. The summed E-state index contributed by atoms with van der Waals surface area (Å²) in [6, 6.07) is 3.72. The van der Waals surface area contributed by atoms with E-state index >= 15 is 0 Å². The summed E-state index contributed by atoms with van der Waals surface area (Å²) in [6.45, 7) is 3.97. The van der Waals surface area contributed by atoms with Gasteiger partial charge in [-0.2, -0.15) is 11.8 Å². The van der Waals surface area contributed by atoms with E-state index in [1.807, 2.05) is 19.2 Å². The van der Waals surface area contributed by atoms with Crippen molar-refractivity contribution in [2.45, 2.75) is 19.4 Å². The lowest BCUT2D eigenvalue weighted by Gasteiger charge is -2.22. The molecule has 3 nitrogen and oxygen atoms in total. The van der Waals surface area contributed by atoms with E-state index < -0.39 is 5.60 Å². The number of thioether (sulfide) groups is 1. The lowest BCUT2D eigenvalue weighted by Crippen LogP contribution is -2.42. The molecule has 0 aromatic carbocycles. The Morgan fingerprint density at radius 1 is 1.62 bits per heavy atom. The van der Waals surface area contributed by atoms with Gasteiger partial charge in [0, 0.05) is 17.2 Å². The molecule has 1 aromatic rings. The van der Waals surface area contributed by atoms with Gasteiger partial charge in [-0.25, -0.2) is 0 Å². The third-order valence-corrected chi connectivity index (χ3v) is 3.96. The maximum atomic E-state index is 11.7. The zero-order valence-electron chi connectivity index (χ0n) is 9.74. The summed E-state index contributed by atoms with van der Waals surface area (Å²) in [7, 11) is 0. The highest BCUT2D eigenvalue weighted by Gasteiger charge is 2.21. The molecule has 0 saturated carbocycles. The fraction of sp³-hybridized carbons (Fsp3) is 0.545. The van der Waals surface area contributed by atoms with Gasteiger partial charge in [0.05, 0.1) is 10.5 Å². The van der Waals surface area contributed by atoms with Crippen LogP contribution in [-0.4, -0.2) is 35.2 Å². The van der Waals surface area contributed by atoms with Crippen molar-refractivity contribution >= 4 is 29.0 Å². The Kier molecular flexibility index (Phi) is 4.83. The van der Waals surface area contributed by atoms with E-state index in [1.165, 1.54) is 11.3 Å². The molecule has 0 aliphatic rings. The summed E-state index contributed by atoms with van der Waals surface area (Å²) in [5.41, 5.74) is -0.846. The van der Waals surface area contributed by atoms with Crippen LogP contribution >= 0.6 is 23.1 Å². The predicted molar refractivity (Wildman–Crippen MR) is 70.4 cm³/mol. The summed E-state index contributed by atoms with van der Waals surface area (Å²) < 4.78 is 0. The number of aliphatic hydroxyl groups is 1. The number of aryl methyl sites for hydroxylation is 1. The van der Waals surface area contributed by atoms with Gasteiger partial charge in [-0.05, 0) is 32.2 Å². The van der Waals surface area contributed by atoms with Crippen molar-refractivity contribution < 1.29 is 9.90 Å². The molecule has 1 atom stereocenters. The van der Waals surface area contributed by atoms with Gasteiger partial charge < -0.3 is 10.4 Å². The maximum Gasteiger partial charge on any atom is 0.261 e. The van der Waals surface area contributed by atoms with Crippen molar-refractivity contribution in [3.63, 3.8) is 0 Å². The second kappa shape index (κ2) is 5.70. The number of amides is 1. The fourth-order valence-electron chi connectivity index (χ4n) is 1.28. The molecule has 0 fully saturated rings. The van der Waals surface area contributed by atoms with Crippen LogP contribution in [0.5, 0.6) is 0 Å². The van der Waals surface area contributed by atoms with E-state index in [2.05, 4.69) is 5.32 Å². The summed E-state index contributed by atoms with van der Waals surface area (Å²) >= 11 is 3.02. The molecular formula is C11H17NO2S2. The average molecular weight is 259 g/mol. The molecular weight excluding hydrogens is 242 g/mol. The zero-order chi connectivity index (χ0) is 12.2. The number of thiophene rings is 1. The van der Waals surface area contributed by atoms with Crippen molar-refractivity contribution in [3.8, 4) is 0 Å². The minimum absolute atomic E-state index is 0.112. The van der Waals surface area contributed by atoms with Crippen molar-refractivity contribution in [2.75, 3.05) is 18.6 Å². The van der Waals surface area contributed by atoms with Crippen LogP contribution in [0.2, 0.25) is 0 Å². The first-order valence-corrected chi connectivity index (χ1v) is 7.21. The van der Waals surface area contributed by atoms with Gasteiger partial charge in [0.2, 0.25) is 0 Å². The Balaban J connectivity index is 2.47. The molecule has 0 bridgehead atoms. The van der Waals surface area contributed by atoms with Crippen molar-refractivity contribution in [1.82, 2.24) is 5.32 Å². The molecule has 0 spiro atoms. The molecule has 16 heavy (non-hydrogen) atoms. The van der Waals surface area contributed by atoms with Crippen molar-refractivity contribution in [2.24, 2.45) is 0 Å². The zero-order valence-corrected chi connectivity index (χ0v) is 11.4. The Hall–Kier alpha value is -0.520. The molecule has 90 valence electrons. The van der Waals surface area contributed by atoms with Crippen LogP contribution in [0.1, 0.15) is 21.5 Å². The Morgan fingerprint density at radius 2 is 2.31 bits per heavy atom. The average Bonchev–Trinajstić information content (AvgIpc) is 2.61. The molecule has 0 aliphatic carbocycles. The molecule has 5 heteroatoms. The number of nitrogens with one attached hydrogen (secondary N) is 1. The number of hydrogen-bond acceptors (Lipinski definition) is 4. The lowest BCUT2D eigenvalue weighted by atomic mass is 10.1. The van der Waals surface area contributed by atoms with Gasteiger partial charge in [-0.15, -0.1) is 11.3 Å². The van der Waals surface area contributed by atoms with Gasteiger partial charge >= 0.3 is 0 Å². The van der Waals surface area contributed by atoms with Gasteiger partial charge in [-0.3, -0.25) is 4.79 Å². The van der Waals surface area contributed by atoms with Crippen LogP contribution < -0.4 is 5.32 Å². The van der Waals surface area contributed by atoms with Gasteiger partial charge in [0.1, 0.15) is 0 Å². The van der Waals surface area contributed by atoms with Crippen molar-refractivity contribution in [3.05, 3.63) is 21.9 Å². The molecule has 1 aromatic heterocycles. The second-order valence-electron chi connectivity index (χ2n) is 4.02. The van der Waals surface area contributed by atoms with Gasteiger partial charge in [0.25, 0.3) is 5.91 Å². The van der Waals surface area contributed by atoms with E-state index in [1.54, 1.807) is 24.8 Å². The highest BCUT2D eigenvalue weighted by Crippen LogP contribution is 2.15. The van der Waals surface area contributed by atoms with E-state index in [9.17, 15) is 9.90 Å². The van der Waals surface area contributed by atoms with E-state index in [4.69, 9.17) is 0 Å². The molecule has 1 heterocycles. The molecule has 0 saturated heterocycles. The lowest BCUT2D eigenvalue weighted by molar-refractivity contribution is 0.0727. The molecule has 1 rings (SSSR count). The van der Waals surface area contributed by atoms with Crippen LogP contribution in [0.15, 0.2) is 12.1 Å². The van der Waals surface area contributed by atoms with Crippen molar-refractivity contribution in [1.29, 1.82) is 0 Å². The summed E-state index contributed by atoms with van der Waals surface area (Å²) in [6.07, 6.45) is 1.93. The SMILES string of the molecule is CSCC(C)(O)CNC(=O)c1ccc(C)s1. The number of carbonyl (C=O) groups excluding carboxylic acids is 1. The first kappa shape index (κ1) is 13.5. The van der Waals surface area contributed by atoms with Gasteiger partial charge in [0.15, 0.2) is 0 Å². The highest BCUT2D eigenvalue weighted by molar-refractivity contribution is 7.98. The third-order valence-electron chi connectivity index (χ3n) is 2.05. The molecule has 0 radical (unpaired) electrons. The predicted octanol–water partition coefficient (Wildman–Crippen LogP) is 1.90. The first-order chi connectivity index (χ1) is 7.44. The minimum atomic E-state index is -0.846. The minimum Gasteiger partial charge on any atom is -0.387 e. The Morgan fingerprint density at radius 3 is 2.81 bits per heavy atom. The molecule has 0 aliphatic heterocycles. The maximum absolute atomic E-state index is 11.7. The van der Waals surface area contributed by atoms with E-state index in [0.717, 1.165) is 4.88 Å². The van der Waals surface area contributed by atoms with E-state index in [-0.39, 0.29) is 12.5 Å². The first-order valence-electron chi connectivity index (χ1n) is 5.00. The van der Waals surface area contributed by atoms with Crippen LogP contribution in [0.3, 0.4) is 0 Å². The monoisotopic (exact) mass is 259 g/mol.